The molecule has 0 bridgehead atoms. The quantitative estimate of drug-likeness (QED) is 0.554. The number of likely N-dealkylation sites (N-methyl/N-ethyl adjacent to an activating group) is 1. The van der Waals surface area contributed by atoms with E-state index in [1.54, 1.807) is 6.92 Å². The first-order valence-electron chi connectivity index (χ1n) is 5.62. The molecule has 0 radical (unpaired) electrons. The molecule has 0 saturated carbocycles. The molecule has 2 atom stereocenters. The molecule has 0 spiro atoms. The number of carbonyl (C=O) groups is 1. The van der Waals surface area contributed by atoms with Crippen molar-refractivity contribution in [3.05, 3.63) is 0 Å². The molecule has 0 rings (SSSR count). The molecule has 0 aliphatic rings. The molecular weight excluding hydrogens is 206 g/mol. The summed E-state index contributed by atoms with van der Waals surface area (Å²) in [6, 6.07) is 0.0352. The topological polar surface area (TPSA) is 78.6 Å². The number of hydrogen-bond acceptors (Lipinski definition) is 4. The number of rotatable bonds is 7. The highest BCUT2D eigenvalue weighted by Crippen LogP contribution is 2.03. The summed E-state index contributed by atoms with van der Waals surface area (Å²) in [5.41, 5.74) is 4.66. The lowest BCUT2D eigenvalue weighted by atomic mass is 10.1. The van der Waals surface area contributed by atoms with Crippen LogP contribution in [0, 0.1) is 0 Å². The van der Waals surface area contributed by atoms with Crippen molar-refractivity contribution in [1.29, 1.82) is 0 Å². The van der Waals surface area contributed by atoms with Gasteiger partial charge in [0.15, 0.2) is 0 Å². The van der Waals surface area contributed by atoms with Crippen molar-refractivity contribution < 1.29 is 9.90 Å². The van der Waals surface area contributed by atoms with Crippen molar-refractivity contribution in [3.63, 3.8) is 0 Å². The summed E-state index contributed by atoms with van der Waals surface area (Å²) >= 11 is 0. The minimum Gasteiger partial charge on any atom is -0.387 e. The smallest absolute Gasteiger partial charge is 0.220 e. The standard InChI is InChI=1S/C11H25N3O2/c1-9(12)5-6-10(15)13-7-11(2,16)8-14(3)4/h9,16H,5-8,12H2,1-4H3,(H,13,15). The Kier molecular flexibility index (Phi) is 6.55. The monoisotopic (exact) mass is 231 g/mol. The molecule has 0 aromatic carbocycles. The average molecular weight is 231 g/mol. The predicted molar refractivity (Wildman–Crippen MR) is 65.1 cm³/mol. The Balaban J connectivity index is 3.81. The number of nitrogens with zero attached hydrogens (tertiary/aromatic N) is 1. The number of aliphatic hydroxyl groups is 1. The van der Waals surface area contributed by atoms with Gasteiger partial charge in [0.2, 0.25) is 5.91 Å². The Morgan fingerprint density at radius 2 is 2.12 bits per heavy atom. The van der Waals surface area contributed by atoms with Gasteiger partial charge in [0.05, 0.1) is 5.60 Å². The van der Waals surface area contributed by atoms with Crippen molar-refractivity contribution >= 4 is 5.91 Å². The molecule has 0 aromatic rings. The van der Waals surface area contributed by atoms with Crippen molar-refractivity contribution in [2.24, 2.45) is 5.73 Å². The first-order chi connectivity index (χ1) is 7.23. The highest BCUT2D eigenvalue weighted by atomic mass is 16.3. The third-order valence-electron chi connectivity index (χ3n) is 2.15. The number of hydrogen-bond donors (Lipinski definition) is 3. The Labute approximate surface area is 98.0 Å². The number of nitrogens with two attached hydrogens (primary N) is 1. The average Bonchev–Trinajstić information content (AvgIpc) is 2.09. The van der Waals surface area contributed by atoms with Gasteiger partial charge in [0.1, 0.15) is 0 Å². The Hall–Kier alpha value is -0.650. The van der Waals surface area contributed by atoms with E-state index in [0.717, 1.165) is 0 Å². The molecule has 0 aliphatic heterocycles. The molecule has 4 N–H and O–H groups in total. The van der Waals surface area contributed by atoms with Gasteiger partial charge in [0.25, 0.3) is 0 Å². The third kappa shape index (κ3) is 8.64. The van der Waals surface area contributed by atoms with E-state index in [2.05, 4.69) is 5.32 Å². The zero-order valence-corrected chi connectivity index (χ0v) is 10.8. The summed E-state index contributed by atoms with van der Waals surface area (Å²) < 4.78 is 0. The van der Waals surface area contributed by atoms with Gasteiger partial charge in [-0.05, 0) is 34.4 Å². The number of amides is 1. The fourth-order valence-electron chi connectivity index (χ4n) is 1.47. The minimum atomic E-state index is -0.895. The predicted octanol–water partition coefficient (Wildman–Crippen LogP) is -0.457. The van der Waals surface area contributed by atoms with Crippen molar-refractivity contribution in [1.82, 2.24) is 10.2 Å². The molecule has 0 heterocycles. The van der Waals surface area contributed by atoms with Crippen LogP contribution in [0.15, 0.2) is 0 Å². The fourth-order valence-corrected chi connectivity index (χ4v) is 1.47. The summed E-state index contributed by atoms with van der Waals surface area (Å²) in [4.78, 5) is 13.3. The maximum absolute atomic E-state index is 11.4. The van der Waals surface area contributed by atoms with Gasteiger partial charge in [0, 0.05) is 25.6 Å². The maximum atomic E-state index is 11.4. The highest BCUT2D eigenvalue weighted by molar-refractivity contribution is 5.75. The van der Waals surface area contributed by atoms with Crippen LogP contribution in [0.5, 0.6) is 0 Å². The van der Waals surface area contributed by atoms with Crippen LogP contribution in [0.4, 0.5) is 0 Å². The molecule has 0 fully saturated rings. The normalized spacial score (nSPS) is 16.9. The van der Waals surface area contributed by atoms with Gasteiger partial charge < -0.3 is 21.1 Å². The van der Waals surface area contributed by atoms with Crippen molar-refractivity contribution in [2.45, 2.75) is 38.3 Å². The zero-order valence-electron chi connectivity index (χ0n) is 10.8. The van der Waals surface area contributed by atoms with E-state index in [1.165, 1.54) is 0 Å². The molecule has 5 heteroatoms. The summed E-state index contributed by atoms with van der Waals surface area (Å²) in [6.07, 6.45) is 1.08. The lowest BCUT2D eigenvalue weighted by Crippen LogP contribution is -2.47. The van der Waals surface area contributed by atoms with Gasteiger partial charge in [-0.15, -0.1) is 0 Å². The van der Waals surface area contributed by atoms with Gasteiger partial charge in [-0.2, -0.15) is 0 Å². The third-order valence-corrected chi connectivity index (χ3v) is 2.15. The number of carbonyl (C=O) groups excluding carboxylic acids is 1. The van der Waals surface area contributed by atoms with Crippen LogP contribution < -0.4 is 11.1 Å². The largest absolute Gasteiger partial charge is 0.387 e. The minimum absolute atomic E-state index is 0.0352. The fraction of sp³-hybridized carbons (Fsp3) is 0.909. The summed E-state index contributed by atoms with van der Waals surface area (Å²) in [5.74, 6) is -0.0590. The zero-order chi connectivity index (χ0) is 12.8. The van der Waals surface area contributed by atoms with Gasteiger partial charge >= 0.3 is 0 Å². The summed E-state index contributed by atoms with van der Waals surface area (Å²) in [5, 5.41) is 12.6. The second-order valence-electron chi connectivity index (χ2n) is 5.03. The first kappa shape index (κ1) is 15.3. The molecule has 16 heavy (non-hydrogen) atoms. The van der Waals surface area contributed by atoms with Crippen molar-refractivity contribution in [3.8, 4) is 0 Å². The van der Waals surface area contributed by atoms with Crippen LogP contribution in [-0.4, -0.2) is 54.7 Å². The van der Waals surface area contributed by atoms with E-state index in [4.69, 9.17) is 5.73 Å². The summed E-state index contributed by atoms with van der Waals surface area (Å²) in [7, 11) is 3.76. The molecule has 0 aliphatic carbocycles. The maximum Gasteiger partial charge on any atom is 0.220 e. The van der Waals surface area contributed by atoms with E-state index in [0.29, 0.717) is 19.4 Å². The van der Waals surface area contributed by atoms with E-state index in [9.17, 15) is 9.90 Å². The molecule has 96 valence electrons. The number of nitrogens with one attached hydrogen (secondary N) is 1. The van der Waals surface area contributed by atoms with Crippen LogP contribution in [0.25, 0.3) is 0 Å². The van der Waals surface area contributed by atoms with E-state index < -0.39 is 5.60 Å². The van der Waals surface area contributed by atoms with Crippen LogP contribution >= 0.6 is 0 Å². The molecule has 1 amide bonds. The lowest BCUT2D eigenvalue weighted by Gasteiger charge is -2.27. The van der Waals surface area contributed by atoms with Crippen molar-refractivity contribution in [2.75, 3.05) is 27.2 Å². The molecule has 5 nitrogen and oxygen atoms in total. The van der Waals surface area contributed by atoms with E-state index in [-0.39, 0.29) is 18.5 Å². The second kappa shape index (κ2) is 6.83. The molecule has 2 unspecified atom stereocenters. The van der Waals surface area contributed by atoms with E-state index >= 15 is 0 Å². The van der Waals surface area contributed by atoms with Crippen LogP contribution in [0.3, 0.4) is 0 Å². The SMILES string of the molecule is CC(N)CCC(=O)NCC(C)(O)CN(C)C. The molecule has 0 saturated heterocycles. The van der Waals surface area contributed by atoms with Crippen LogP contribution in [0.1, 0.15) is 26.7 Å². The van der Waals surface area contributed by atoms with Crippen LogP contribution in [-0.2, 0) is 4.79 Å². The van der Waals surface area contributed by atoms with Gasteiger partial charge in [-0.25, -0.2) is 0 Å². The lowest BCUT2D eigenvalue weighted by molar-refractivity contribution is -0.122. The Morgan fingerprint density at radius 3 is 2.56 bits per heavy atom. The first-order valence-corrected chi connectivity index (χ1v) is 5.62. The summed E-state index contributed by atoms with van der Waals surface area (Å²) in [6.45, 7) is 4.36. The Bertz CT molecular complexity index is 215. The van der Waals surface area contributed by atoms with Crippen LogP contribution in [0.2, 0.25) is 0 Å². The molecule has 0 aromatic heterocycles. The molecular formula is C11H25N3O2. The van der Waals surface area contributed by atoms with Gasteiger partial charge in [-0.1, -0.05) is 0 Å². The second-order valence-corrected chi connectivity index (χ2v) is 5.03. The Morgan fingerprint density at radius 1 is 1.56 bits per heavy atom. The highest BCUT2D eigenvalue weighted by Gasteiger charge is 2.21. The van der Waals surface area contributed by atoms with E-state index in [1.807, 2.05) is 25.9 Å². The van der Waals surface area contributed by atoms with Gasteiger partial charge in [-0.3, -0.25) is 4.79 Å².